The number of benzene rings is 4. The van der Waals surface area contributed by atoms with Crippen molar-refractivity contribution in [2.24, 2.45) is 0 Å². The number of hydrogen-bond donors (Lipinski definition) is 0. The molecule has 0 aliphatic rings. The Morgan fingerprint density at radius 2 is 1.38 bits per heavy atom. The van der Waals surface area contributed by atoms with Crippen LogP contribution in [0.15, 0.2) is 91.0 Å². The van der Waals surface area contributed by atoms with Crippen molar-refractivity contribution in [2.75, 3.05) is 20.4 Å². The molecule has 0 amide bonds. The number of methoxy groups -OCH3 is 2. The predicted octanol–water partition coefficient (Wildman–Crippen LogP) is 6.91. The average Bonchev–Trinajstić information content (AvgIpc) is 2.91. The summed E-state index contributed by atoms with van der Waals surface area (Å²) in [5, 5.41) is 4.17. The van der Waals surface area contributed by atoms with Gasteiger partial charge in [-0.15, -0.1) is 0 Å². The molecule has 34 heavy (non-hydrogen) atoms. The van der Waals surface area contributed by atoms with Crippen LogP contribution in [0.4, 0.5) is 0 Å². The highest BCUT2D eigenvalue weighted by Gasteiger charge is 2.29. The third-order valence-electron chi connectivity index (χ3n) is 5.92. The SMILES string of the molecule is CCc1ccc([P@](c2ccccc2)P(CC)c2cccc(OC)c2-c2[c]cccc2OC)cc1. The number of rotatable bonds is 9. The molecule has 1 radical (unpaired) electrons. The smallest absolute Gasteiger partial charge is 0.127 e. The summed E-state index contributed by atoms with van der Waals surface area (Å²) < 4.78 is 11.6. The highest BCUT2D eigenvalue weighted by atomic mass is 32.1. The molecule has 0 aromatic heterocycles. The van der Waals surface area contributed by atoms with Crippen LogP contribution in [0.1, 0.15) is 19.4 Å². The van der Waals surface area contributed by atoms with Gasteiger partial charge in [-0.2, -0.15) is 0 Å². The van der Waals surface area contributed by atoms with Crippen LogP contribution in [0.3, 0.4) is 0 Å². The first-order chi connectivity index (χ1) is 16.7. The van der Waals surface area contributed by atoms with Crippen molar-refractivity contribution in [2.45, 2.75) is 20.3 Å². The van der Waals surface area contributed by atoms with Crippen molar-refractivity contribution >= 4 is 31.1 Å². The summed E-state index contributed by atoms with van der Waals surface area (Å²) in [6, 6.07) is 36.1. The molecular weight excluding hydrogens is 454 g/mol. The van der Waals surface area contributed by atoms with Gasteiger partial charge in [-0.05, 0) is 67.5 Å². The fourth-order valence-electron chi connectivity index (χ4n) is 4.23. The summed E-state index contributed by atoms with van der Waals surface area (Å²) in [4.78, 5) is 0. The Kier molecular flexibility index (Phi) is 8.39. The van der Waals surface area contributed by atoms with E-state index in [9.17, 15) is 0 Å². The lowest BCUT2D eigenvalue weighted by atomic mass is 10.0. The maximum Gasteiger partial charge on any atom is 0.127 e. The first kappa shape index (κ1) is 24.5. The van der Waals surface area contributed by atoms with Crippen LogP contribution in [0.5, 0.6) is 11.5 Å². The molecule has 173 valence electrons. The van der Waals surface area contributed by atoms with Crippen LogP contribution in [-0.4, -0.2) is 20.4 Å². The third kappa shape index (κ3) is 5.05. The zero-order chi connectivity index (χ0) is 23.9. The van der Waals surface area contributed by atoms with E-state index in [4.69, 9.17) is 9.47 Å². The lowest BCUT2D eigenvalue weighted by molar-refractivity contribution is 0.410. The van der Waals surface area contributed by atoms with Gasteiger partial charge < -0.3 is 9.47 Å². The van der Waals surface area contributed by atoms with E-state index in [0.717, 1.165) is 35.2 Å². The Morgan fingerprint density at radius 3 is 2.03 bits per heavy atom. The van der Waals surface area contributed by atoms with Crippen LogP contribution >= 0.6 is 15.2 Å². The minimum Gasteiger partial charge on any atom is -0.496 e. The first-order valence-corrected chi connectivity index (χ1v) is 15.2. The monoisotopic (exact) mass is 485 g/mol. The van der Waals surface area contributed by atoms with Gasteiger partial charge in [-0.3, -0.25) is 0 Å². The van der Waals surface area contributed by atoms with Crippen molar-refractivity contribution in [3.05, 3.63) is 103 Å². The summed E-state index contributed by atoms with van der Waals surface area (Å²) in [6.07, 6.45) is 2.12. The largest absolute Gasteiger partial charge is 0.496 e. The van der Waals surface area contributed by atoms with E-state index in [1.54, 1.807) is 14.2 Å². The standard InChI is InChI=1S/C30H31O2P2/c1-5-23-19-21-25(22-20-23)34(24-13-8-7-9-14-24)33(6-2)29-18-12-17-28(32-4)30(29)26-15-10-11-16-27(26)31-3/h7-14,16-22H,5-6H2,1-4H3/t33?,34-/m0/s1. The van der Waals surface area contributed by atoms with E-state index in [1.165, 1.54) is 21.5 Å². The molecule has 0 aliphatic heterocycles. The lowest BCUT2D eigenvalue weighted by Crippen LogP contribution is -2.17. The predicted molar refractivity (Wildman–Crippen MR) is 149 cm³/mol. The number of ether oxygens (including phenoxy) is 2. The van der Waals surface area contributed by atoms with Gasteiger partial charge in [0, 0.05) is 11.1 Å². The van der Waals surface area contributed by atoms with Crippen molar-refractivity contribution in [1.29, 1.82) is 0 Å². The molecular formula is C30H31O2P2. The number of hydrogen-bond acceptors (Lipinski definition) is 2. The molecule has 1 unspecified atom stereocenters. The summed E-state index contributed by atoms with van der Waals surface area (Å²) >= 11 is 0. The molecule has 4 aromatic carbocycles. The normalized spacial score (nSPS) is 12.7. The molecule has 0 heterocycles. The second-order valence-electron chi connectivity index (χ2n) is 7.85. The summed E-state index contributed by atoms with van der Waals surface area (Å²) in [6.45, 7) is 4.53. The maximum atomic E-state index is 5.90. The van der Waals surface area contributed by atoms with Gasteiger partial charge in [0.2, 0.25) is 0 Å². The minimum atomic E-state index is -0.591. The van der Waals surface area contributed by atoms with Crippen molar-refractivity contribution in [3.63, 3.8) is 0 Å². The Bertz CT molecular complexity index is 1210. The maximum absolute atomic E-state index is 5.90. The average molecular weight is 486 g/mol. The van der Waals surface area contributed by atoms with E-state index >= 15 is 0 Å². The molecule has 4 heteroatoms. The fourth-order valence-corrected chi connectivity index (χ4v) is 12.0. The van der Waals surface area contributed by atoms with Gasteiger partial charge in [0.25, 0.3) is 0 Å². The Labute approximate surface area is 206 Å². The van der Waals surface area contributed by atoms with Crippen molar-refractivity contribution in [1.82, 2.24) is 0 Å². The van der Waals surface area contributed by atoms with Gasteiger partial charge in [0.1, 0.15) is 11.5 Å². The highest BCUT2D eigenvalue weighted by molar-refractivity contribution is 8.38. The van der Waals surface area contributed by atoms with Crippen LogP contribution in [0.2, 0.25) is 0 Å². The molecule has 0 spiro atoms. The van der Waals surface area contributed by atoms with Gasteiger partial charge in [-0.25, -0.2) is 0 Å². The van der Waals surface area contributed by atoms with Gasteiger partial charge in [0.05, 0.1) is 14.2 Å². The zero-order valence-electron chi connectivity index (χ0n) is 20.3. The van der Waals surface area contributed by atoms with Crippen molar-refractivity contribution in [3.8, 4) is 22.6 Å². The summed E-state index contributed by atoms with van der Waals surface area (Å²) in [7, 11) is 2.32. The number of aryl methyl sites for hydroxylation is 1. The fraction of sp³-hybridized carbons (Fsp3) is 0.200. The second-order valence-corrected chi connectivity index (χ2v) is 14.1. The zero-order valence-corrected chi connectivity index (χ0v) is 22.1. The van der Waals surface area contributed by atoms with Crippen LogP contribution in [-0.2, 0) is 6.42 Å². The Morgan fingerprint density at radius 1 is 0.706 bits per heavy atom. The quantitative estimate of drug-likeness (QED) is 0.240. The van der Waals surface area contributed by atoms with Crippen LogP contribution < -0.4 is 25.4 Å². The molecule has 0 saturated carbocycles. The van der Waals surface area contributed by atoms with Crippen molar-refractivity contribution < 1.29 is 9.47 Å². The second kappa shape index (κ2) is 11.7. The molecule has 2 atom stereocenters. The molecule has 0 saturated heterocycles. The molecule has 0 bridgehead atoms. The highest BCUT2D eigenvalue weighted by Crippen LogP contribution is 2.67. The molecule has 4 aromatic rings. The van der Waals surface area contributed by atoms with E-state index in [2.05, 4.69) is 86.6 Å². The van der Waals surface area contributed by atoms with Gasteiger partial charge in [0.15, 0.2) is 0 Å². The summed E-state index contributed by atoms with van der Waals surface area (Å²) in [5.74, 6) is 1.68. The molecule has 4 rings (SSSR count). The summed E-state index contributed by atoms with van der Waals surface area (Å²) in [5.41, 5.74) is 3.44. The molecule has 0 fully saturated rings. The van der Waals surface area contributed by atoms with Gasteiger partial charge in [-0.1, -0.05) is 92.7 Å². The van der Waals surface area contributed by atoms with E-state index < -0.39 is 15.2 Å². The molecule has 0 aliphatic carbocycles. The topological polar surface area (TPSA) is 18.5 Å². The first-order valence-electron chi connectivity index (χ1n) is 11.6. The third-order valence-corrected chi connectivity index (χ3v) is 13.8. The van der Waals surface area contributed by atoms with E-state index in [1.807, 2.05) is 24.3 Å². The van der Waals surface area contributed by atoms with Gasteiger partial charge >= 0.3 is 0 Å². The molecule has 0 N–H and O–H groups in total. The lowest BCUT2D eigenvalue weighted by Gasteiger charge is -2.31. The van der Waals surface area contributed by atoms with Crippen LogP contribution in [0, 0.1) is 6.07 Å². The Hall–Kier alpha value is -2.66. The minimum absolute atomic E-state index is 0.558. The molecule has 2 nitrogen and oxygen atoms in total. The van der Waals surface area contributed by atoms with Crippen LogP contribution in [0.25, 0.3) is 11.1 Å². The van der Waals surface area contributed by atoms with E-state index in [-0.39, 0.29) is 0 Å². The van der Waals surface area contributed by atoms with E-state index in [0.29, 0.717) is 0 Å². The Balaban J connectivity index is 1.94.